The van der Waals surface area contributed by atoms with Crippen molar-refractivity contribution in [2.45, 2.75) is 133 Å². The van der Waals surface area contributed by atoms with Gasteiger partial charge in [-0.2, -0.15) is 0 Å². The molecule has 2 fully saturated rings. The summed E-state index contributed by atoms with van der Waals surface area (Å²) in [6, 6.07) is 5.41. The van der Waals surface area contributed by atoms with Crippen molar-refractivity contribution in [3.63, 3.8) is 0 Å². The lowest BCUT2D eigenvalue weighted by molar-refractivity contribution is -0.286. The minimum Gasteiger partial charge on any atom is -0.462 e. The lowest BCUT2D eigenvalue weighted by Crippen LogP contribution is -2.67. The summed E-state index contributed by atoms with van der Waals surface area (Å²) in [5.74, 6) is -2.22. The maximum Gasteiger partial charge on any atom is 0.311 e. The van der Waals surface area contributed by atoms with Crippen LogP contribution in [0.25, 0.3) is 0 Å². The quantitative estimate of drug-likeness (QED) is 0.182. The normalized spacial score (nSPS) is 26.0. The smallest absolute Gasteiger partial charge is 0.311 e. The van der Waals surface area contributed by atoms with Crippen LogP contribution in [-0.2, 0) is 42.9 Å². The second kappa shape index (κ2) is 14.5. The first-order chi connectivity index (χ1) is 21.4. The molecule has 2 aliphatic heterocycles. The summed E-state index contributed by atoms with van der Waals surface area (Å²) in [5.41, 5.74) is -2.85. The van der Waals surface area contributed by atoms with Crippen LogP contribution in [0.4, 0.5) is 0 Å². The number of halogens is 1. The van der Waals surface area contributed by atoms with Gasteiger partial charge >= 0.3 is 23.9 Å². The fourth-order valence-electron chi connectivity index (χ4n) is 4.99. The molecule has 12 heteroatoms. The third-order valence-electron chi connectivity index (χ3n) is 7.87. The van der Waals surface area contributed by atoms with Crippen LogP contribution in [0.2, 0.25) is 0 Å². The molecule has 0 amide bonds. The van der Waals surface area contributed by atoms with Gasteiger partial charge in [0.2, 0.25) is 0 Å². The van der Waals surface area contributed by atoms with Crippen LogP contribution in [0.5, 0.6) is 0 Å². The van der Waals surface area contributed by atoms with Gasteiger partial charge in [-0.3, -0.25) is 24.1 Å². The average Bonchev–Trinajstić information content (AvgIpc) is 3.41. The topological polar surface area (TPSA) is 131 Å². The van der Waals surface area contributed by atoms with E-state index in [1.807, 2.05) is 23.1 Å². The SMILES string of the molecule is CC(C)(C)C(=O)OC[C@H]1O[C@@H](N2CCC[C@H]2c2cccc(Br)n2)[C@H](OC(=O)C(C)(C)C)[C@@H](OC(=O)C(C)(C)C)[C@H]1OC(=O)C(C)(C)C. The Morgan fingerprint density at radius 3 is 1.74 bits per heavy atom. The second-order valence-electron chi connectivity index (χ2n) is 16.6. The van der Waals surface area contributed by atoms with Crippen molar-refractivity contribution in [2.24, 2.45) is 21.7 Å². The first-order valence-corrected chi connectivity index (χ1v) is 17.0. The zero-order valence-corrected chi connectivity index (χ0v) is 31.6. The second-order valence-corrected chi connectivity index (χ2v) is 17.4. The highest BCUT2D eigenvalue weighted by Gasteiger charge is 2.57. The largest absolute Gasteiger partial charge is 0.462 e. The van der Waals surface area contributed by atoms with Crippen molar-refractivity contribution in [1.82, 2.24) is 9.88 Å². The number of rotatable bonds is 7. The zero-order valence-electron chi connectivity index (χ0n) is 30.0. The van der Waals surface area contributed by atoms with Crippen molar-refractivity contribution < 1.29 is 42.9 Å². The van der Waals surface area contributed by atoms with Crippen LogP contribution in [0, 0.1) is 21.7 Å². The summed E-state index contributed by atoms with van der Waals surface area (Å²) < 4.78 is 31.6. The summed E-state index contributed by atoms with van der Waals surface area (Å²) >= 11 is 3.47. The molecular formula is C35H53BrN2O9. The number of hydrogen-bond acceptors (Lipinski definition) is 11. The van der Waals surface area contributed by atoms with Gasteiger partial charge in [-0.1, -0.05) is 6.07 Å². The standard InChI is InChI=1S/C35H53BrN2O9/c1-32(2,3)28(39)43-19-22-24(45-29(40)33(4,5)6)25(46-30(41)34(7,8)9)26(47-31(42)35(10,11)12)27(44-22)38-18-14-16-21(38)20-15-13-17-23(36)37-20/h13,15,17,21-22,24-27H,14,16,18-19H2,1-12H3/t21-,22+,24-,25-,26+,27+/m0/s1. The average molecular weight is 726 g/mol. The van der Waals surface area contributed by atoms with E-state index in [1.165, 1.54) is 0 Å². The molecule has 1 aromatic rings. The monoisotopic (exact) mass is 724 g/mol. The van der Waals surface area contributed by atoms with Gasteiger partial charge in [0, 0.05) is 6.54 Å². The number of pyridine rings is 1. The predicted octanol–water partition coefficient (Wildman–Crippen LogP) is 6.17. The van der Waals surface area contributed by atoms with Gasteiger partial charge in [0.1, 0.15) is 17.3 Å². The molecule has 11 nitrogen and oxygen atoms in total. The molecule has 3 heterocycles. The number of nitrogens with zero attached hydrogens (tertiary/aromatic N) is 2. The molecule has 0 bridgehead atoms. The molecule has 0 spiro atoms. The van der Waals surface area contributed by atoms with Crippen molar-refractivity contribution in [3.8, 4) is 0 Å². The lowest BCUT2D eigenvalue weighted by Gasteiger charge is -2.49. The van der Waals surface area contributed by atoms with E-state index < -0.39 is 76.2 Å². The third-order valence-corrected chi connectivity index (χ3v) is 8.31. The van der Waals surface area contributed by atoms with E-state index in [1.54, 1.807) is 83.1 Å². The van der Waals surface area contributed by atoms with E-state index in [9.17, 15) is 19.2 Å². The van der Waals surface area contributed by atoms with E-state index >= 15 is 0 Å². The molecule has 47 heavy (non-hydrogen) atoms. The van der Waals surface area contributed by atoms with Crippen molar-refractivity contribution in [2.75, 3.05) is 13.2 Å². The Hall–Kier alpha value is -2.57. The Labute approximate surface area is 287 Å². The number of likely N-dealkylation sites (tertiary alicyclic amines) is 1. The predicted molar refractivity (Wildman–Crippen MR) is 178 cm³/mol. The van der Waals surface area contributed by atoms with Gasteiger partial charge in [-0.05, 0) is 124 Å². The summed E-state index contributed by atoms with van der Waals surface area (Å²) in [6.07, 6.45) is -4.31. The molecule has 0 aromatic carbocycles. The maximum atomic E-state index is 13.6. The summed E-state index contributed by atoms with van der Waals surface area (Å²) in [5, 5.41) is 0. The summed E-state index contributed by atoms with van der Waals surface area (Å²) in [7, 11) is 0. The number of ether oxygens (including phenoxy) is 5. The van der Waals surface area contributed by atoms with Crippen LogP contribution in [0.3, 0.4) is 0 Å². The minimum absolute atomic E-state index is 0.237. The first-order valence-electron chi connectivity index (χ1n) is 16.3. The fraction of sp³-hybridized carbons (Fsp3) is 0.743. The van der Waals surface area contributed by atoms with Gasteiger partial charge < -0.3 is 23.7 Å². The molecule has 0 unspecified atom stereocenters. The Morgan fingerprint density at radius 2 is 1.26 bits per heavy atom. The van der Waals surface area contributed by atoms with E-state index in [4.69, 9.17) is 28.7 Å². The Bertz CT molecular complexity index is 1310. The lowest BCUT2D eigenvalue weighted by atomic mass is 9.92. The van der Waals surface area contributed by atoms with Gasteiger partial charge in [0.25, 0.3) is 0 Å². The molecule has 264 valence electrons. The van der Waals surface area contributed by atoms with Crippen LogP contribution in [0.15, 0.2) is 22.8 Å². The molecule has 0 radical (unpaired) electrons. The highest BCUT2D eigenvalue weighted by atomic mass is 79.9. The molecule has 1 aromatic heterocycles. The highest BCUT2D eigenvalue weighted by Crippen LogP contribution is 2.41. The zero-order chi connectivity index (χ0) is 35.7. The van der Waals surface area contributed by atoms with E-state index in [2.05, 4.69) is 15.9 Å². The van der Waals surface area contributed by atoms with E-state index in [-0.39, 0.29) is 12.6 Å². The maximum absolute atomic E-state index is 13.6. The molecule has 6 atom stereocenters. The number of carbonyl (C=O) groups is 4. The van der Waals surface area contributed by atoms with Crippen molar-refractivity contribution in [3.05, 3.63) is 28.5 Å². The Balaban J connectivity index is 2.21. The number of esters is 4. The summed E-state index contributed by atoms with van der Waals surface area (Å²) in [6.45, 7) is 20.8. The Kier molecular flexibility index (Phi) is 12.0. The Morgan fingerprint density at radius 1 is 0.766 bits per heavy atom. The van der Waals surface area contributed by atoms with Gasteiger partial charge in [-0.15, -0.1) is 0 Å². The molecule has 3 rings (SSSR count). The third kappa shape index (κ3) is 9.98. The molecule has 2 saturated heterocycles. The number of aromatic nitrogens is 1. The van der Waals surface area contributed by atoms with Gasteiger partial charge in [0.05, 0.1) is 33.4 Å². The summed E-state index contributed by atoms with van der Waals surface area (Å²) in [4.78, 5) is 60.3. The van der Waals surface area contributed by atoms with Gasteiger partial charge in [-0.25, -0.2) is 4.98 Å². The van der Waals surface area contributed by atoms with Crippen LogP contribution >= 0.6 is 15.9 Å². The number of carbonyl (C=O) groups excluding carboxylic acids is 4. The molecule has 0 aliphatic carbocycles. The van der Waals surface area contributed by atoms with Crippen LogP contribution in [0.1, 0.15) is 108 Å². The van der Waals surface area contributed by atoms with E-state index in [0.717, 1.165) is 18.5 Å². The van der Waals surface area contributed by atoms with Crippen molar-refractivity contribution in [1.29, 1.82) is 0 Å². The minimum atomic E-state index is -1.30. The molecular weight excluding hydrogens is 672 g/mol. The first kappa shape index (κ1) is 38.9. The molecule has 2 aliphatic rings. The van der Waals surface area contributed by atoms with E-state index in [0.29, 0.717) is 11.1 Å². The highest BCUT2D eigenvalue weighted by molar-refractivity contribution is 9.10. The van der Waals surface area contributed by atoms with Crippen LogP contribution < -0.4 is 0 Å². The van der Waals surface area contributed by atoms with Gasteiger partial charge in [0.15, 0.2) is 24.5 Å². The fourth-order valence-corrected chi connectivity index (χ4v) is 5.35. The number of hydrogen-bond donors (Lipinski definition) is 0. The molecule has 0 N–H and O–H groups in total. The molecule has 0 saturated carbocycles. The van der Waals surface area contributed by atoms with Crippen LogP contribution in [-0.4, -0.2) is 77.6 Å². The van der Waals surface area contributed by atoms with Crippen molar-refractivity contribution >= 4 is 39.8 Å².